The van der Waals surface area contributed by atoms with Gasteiger partial charge in [0.1, 0.15) is 18.3 Å². The molecule has 1 aliphatic carbocycles. The van der Waals surface area contributed by atoms with E-state index in [1.54, 1.807) is 6.92 Å². The minimum atomic E-state index is -0.802. The van der Waals surface area contributed by atoms with Gasteiger partial charge in [-0.2, -0.15) is 0 Å². The summed E-state index contributed by atoms with van der Waals surface area (Å²) < 4.78 is 16.2. The van der Waals surface area contributed by atoms with Crippen LogP contribution in [0.25, 0.3) is 0 Å². The standard InChI is InChI=1S/C22H28O6/c1-12-8-7-9-13(2)11-19-20(15(4)22(25)28-19)18(10-12)27-21(24)14(3)16(5)26-17(6)23/h8,11,16,18-20H,3-4,7,9-10H2,1-2,5-6H3/b12-8+,13-11+/t16-,18+,19-,20-/m1/s1. The van der Waals surface area contributed by atoms with Crippen molar-refractivity contribution in [2.24, 2.45) is 5.92 Å². The number of fused-ring (bicyclic) bond motifs is 1. The molecule has 4 atom stereocenters. The maximum atomic E-state index is 12.6. The van der Waals surface area contributed by atoms with Crippen molar-refractivity contribution in [3.05, 3.63) is 47.6 Å². The first-order valence-electron chi connectivity index (χ1n) is 9.39. The third kappa shape index (κ3) is 5.21. The molecule has 6 nitrogen and oxygen atoms in total. The molecule has 0 bridgehead atoms. The molecular weight excluding hydrogens is 360 g/mol. The average Bonchev–Trinajstić information content (AvgIpc) is 2.86. The van der Waals surface area contributed by atoms with E-state index in [9.17, 15) is 14.4 Å². The minimum absolute atomic E-state index is 0.0352. The van der Waals surface area contributed by atoms with Crippen LogP contribution in [0.2, 0.25) is 0 Å². The molecule has 2 rings (SSSR count). The number of carbonyl (C=O) groups is 3. The summed E-state index contributed by atoms with van der Waals surface area (Å²) >= 11 is 0. The van der Waals surface area contributed by atoms with Gasteiger partial charge in [-0.3, -0.25) is 4.79 Å². The lowest BCUT2D eigenvalue weighted by molar-refractivity contribution is -0.151. The van der Waals surface area contributed by atoms with E-state index in [2.05, 4.69) is 19.2 Å². The van der Waals surface area contributed by atoms with Crippen LogP contribution in [0.3, 0.4) is 0 Å². The largest absolute Gasteiger partial charge is 0.458 e. The van der Waals surface area contributed by atoms with Gasteiger partial charge in [0.15, 0.2) is 0 Å². The highest BCUT2D eigenvalue weighted by Crippen LogP contribution is 2.36. The summed E-state index contributed by atoms with van der Waals surface area (Å²) in [6.45, 7) is 14.3. The number of hydrogen-bond acceptors (Lipinski definition) is 6. The summed E-state index contributed by atoms with van der Waals surface area (Å²) in [6, 6.07) is 0. The Labute approximate surface area is 165 Å². The van der Waals surface area contributed by atoms with E-state index in [0.29, 0.717) is 12.0 Å². The van der Waals surface area contributed by atoms with Crippen LogP contribution in [0.4, 0.5) is 0 Å². The quantitative estimate of drug-likeness (QED) is 0.317. The molecule has 0 unspecified atom stereocenters. The Kier molecular flexibility index (Phi) is 7.00. The fourth-order valence-electron chi connectivity index (χ4n) is 3.43. The maximum Gasteiger partial charge on any atom is 0.337 e. The van der Waals surface area contributed by atoms with Crippen molar-refractivity contribution >= 4 is 17.9 Å². The Morgan fingerprint density at radius 3 is 2.61 bits per heavy atom. The molecule has 1 fully saturated rings. The predicted molar refractivity (Wildman–Crippen MR) is 104 cm³/mol. The first-order chi connectivity index (χ1) is 13.1. The van der Waals surface area contributed by atoms with Gasteiger partial charge in [-0.05, 0) is 39.7 Å². The van der Waals surface area contributed by atoms with Crippen LogP contribution in [0.15, 0.2) is 47.6 Å². The molecule has 0 saturated carbocycles. The second-order valence-electron chi connectivity index (χ2n) is 7.45. The predicted octanol–water partition coefficient (Wildman–Crippen LogP) is 3.58. The third-order valence-corrected chi connectivity index (χ3v) is 5.02. The van der Waals surface area contributed by atoms with Crippen molar-refractivity contribution in [3.63, 3.8) is 0 Å². The monoisotopic (exact) mass is 388 g/mol. The van der Waals surface area contributed by atoms with E-state index in [1.807, 2.05) is 19.9 Å². The Morgan fingerprint density at radius 1 is 1.29 bits per heavy atom. The molecule has 0 aromatic carbocycles. The molecule has 0 amide bonds. The minimum Gasteiger partial charge on any atom is -0.458 e. The Bertz CT molecular complexity index is 757. The van der Waals surface area contributed by atoms with Crippen molar-refractivity contribution in [1.82, 2.24) is 0 Å². The topological polar surface area (TPSA) is 78.9 Å². The van der Waals surface area contributed by atoms with Gasteiger partial charge >= 0.3 is 17.9 Å². The molecule has 28 heavy (non-hydrogen) atoms. The molecule has 1 saturated heterocycles. The zero-order valence-corrected chi connectivity index (χ0v) is 16.9. The van der Waals surface area contributed by atoms with Crippen molar-refractivity contribution in [1.29, 1.82) is 0 Å². The summed E-state index contributed by atoms with van der Waals surface area (Å²) in [7, 11) is 0. The van der Waals surface area contributed by atoms with Crippen LogP contribution in [0.5, 0.6) is 0 Å². The van der Waals surface area contributed by atoms with Gasteiger partial charge in [-0.25, -0.2) is 9.59 Å². The summed E-state index contributed by atoms with van der Waals surface area (Å²) in [5, 5.41) is 0. The maximum absolute atomic E-state index is 12.6. The van der Waals surface area contributed by atoms with Gasteiger partial charge in [0, 0.05) is 18.9 Å². The van der Waals surface area contributed by atoms with Crippen molar-refractivity contribution < 1.29 is 28.6 Å². The van der Waals surface area contributed by atoms with Crippen molar-refractivity contribution in [2.45, 2.75) is 65.3 Å². The molecule has 2 aliphatic rings. The molecule has 152 valence electrons. The molecule has 0 radical (unpaired) electrons. The van der Waals surface area contributed by atoms with Crippen LogP contribution in [-0.4, -0.2) is 36.2 Å². The first kappa shape index (κ1) is 21.7. The lowest BCUT2D eigenvalue weighted by Crippen LogP contribution is -2.35. The van der Waals surface area contributed by atoms with E-state index in [1.165, 1.54) is 6.92 Å². The zero-order valence-electron chi connectivity index (χ0n) is 16.9. The molecule has 0 N–H and O–H groups in total. The van der Waals surface area contributed by atoms with E-state index < -0.39 is 42.1 Å². The normalized spacial score (nSPS) is 29.9. The highest BCUT2D eigenvalue weighted by molar-refractivity contribution is 5.92. The summed E-state index contributed by atoms with van der Waals surface area (Å²) in [4.78, 5) is 35.9. The highest BCUT2D eigenvalue weighted by Gasteiger charge is 2.44. The molecule has 1 aliphatic heterocycles. The van der Waals surface area contributed by atoms with Gasteiger partial charge < -0.3 is 14.2 Å². The molecule has 0 aromatic rings. The zero-order chi connectivity index (χ0) is 21.0. The molecule has 1 heterocycles. The molecule has 6 heteroatoms. The van der Waals surface area contributed by atoms with Gasteiger partial charge in [0.25, 0.3) is 0 Å². The second kappa shape index (κ2) is 9.04. The average molecular weight is 388 g/mol. The molecular formula is C22H28O6. The van der Waals surface area contributed by atoms with E-state index in [4.69, 9.17) is 14.2 Å². The Hall–Kier alpha value is -2.63. The van der Waals surface area contributed by atoms with Crippen LogP contribution >= 0.6 is 0 Å². The number of ether oxygens (including phenoxy) is 3. The van der Waals surface area contributed by atoms with E-state index in [-0.39, 0.29) is 5.57 Å². The second-order valence-corrected chi connectivity index (χ2v) is 7.45. The lowest BCUT2D eigenvalue weighted by Gasteiger charge is -2.28. The smallest absolute Gasteiger partial charge is 0.337 e. The SMILES string of the molecule is C=C1C(=O)O[C@@H]2/C=C(\C)CC/C=C(\C)C[C@H](OC(=O)C(=C)[C@@H](C)OC(C)=O)[C@@H]12. The van der Waals surface area contributed by atoms with Gasteiger partial charge in [-0.15, -0.1) is 0 Å². The van der Waals surface area contributed by atoms with E-state index in [0.717, 1.165) is 24.0 Å². The molecule has 0 spiro atoms. The summed E-state index contributed by atoms with van der Waals surface area (Å²) in [6.07, 6.45) is 4.22. The lowest BCUT2D eigenvalue weighted by atomic mass is 9.85. The summed E-state index contributed by atoms with van der Waals surface area (Å²) in [5.74, 6) is -2.14. The third-order valence-electron chi connectivity index (χ3n) is 5.02. The highest BCUT2D eigenvalue weighted by atomic mass is 16.6. The fraction of sp³-hybridized carbons (Fsp3) is 0.500. The summed E-state index contributed by atoms with van der Waals surface area (Å²) in [5.41, 5.74) is 2.48. The fourth-order valence-corrected chi connectivity index (χ4v) is 3.43. The van der Waals surface area contributed by atoms with Gasteiger partial charge in [-0.1, -0.05) is 30.4 Å². The number of hydrogen-bond donors (Lipinski definition) is 0. The number of rotatable bonds is 4. The Balaban J connectivity index is 2.29. The number of allylic oxidation sites excluding steroid dienone is 2. The van der Waals surface area contributed by atoms with Crippen molar-refractivity contribution in [3.8, 4) is 0 Å². The van der Waals surface area contributed by atoms with Crippen LogP contribution in [0, 0.1) is 5.92 Å². The first-order valence-corrected chi connectivity index (χ1v) is 9.39. The number of carbonyl (C=O) groups excluding carboxylic acids is 3. The number of esters is 3. The van der Waals surface area contributed by atoms with Gasteiger partial charge in [0.05, 0.1) is 11.5 Å². The van der Waals surface area contributed by atoms with Crippen LogP contribution < -0.4 is 0 Å². The van der Waals surface area contributed by atoms with Crippen LogP contribution in [0.1, 0.15) is 47.0 Å². The van der Waals surface area contributed by atoms with E-state index >= 15 is 0 Å². The Morgan fingerprint density at radius 2 is 1.96 bits per heavy atom. The van der Waals surface area contributed by atoms with Gasteiger partial charge in [0.2, 0.25) is 0 Å². The van der Waals surface area contributed by atoms with Crippen molar-refractivity contribution in [2.75, 3.05) is 0 Å². The van der Waals surface area contributed by atoms with Crippen LogP contribution in [-0.2, 0) is 28.6 Å². The molecule has 0 aromatic heterocycles.